The largest absolute Gasteiger partial charge is 0.395 e. The van der Waals surface area contributed by atoms with Gasteiger partial charge in [-0.2, -0.15) is 4.98 Å². The van der Waals surface area contributed by atoms with E-state index in [-0.39, 0.29) is 19.3 Å². The minimum atomic E-state index is -0.307. The molecule has 6 N–H and O–H groups in total. The van der Waals surface area contributed by atoms with Crippen molar-refractivity contribution in [1.82, 2.24) is 10.1 Å². The Kier molecular flexibility index (Phi) is 7.34. The lowest BCUT2D eigenvalue weighted by molar-refractivity contribution is 0.279. The highest BCUT2D eigenvalue weighted by Crippen LogP contribution is 2.17. The van der Waals surface area contributed by atoms with Crippen LogP contribution in [-0.2, 0) is 0 Å². The molecule has 0 saturated carbocycles. The zero-order valence-corrected chi connectivity index (χ0v) is 11.0. The first-order chi connectivity index (χ1) is 9.22. The van der Waals surface area contributed by atoms with Crippen molar-refractivity contribution in [2.45, 2.75) is 25.3 Å². The lowest BCUT2D eigenvalue weighted by atomic mass is 10.1. The Hall–Kier alpha value is -1.22. The quantitative estimate of drug-likeness (QED) is 0.398. The SMILES string of the molecule is NCCCCC(N)c1nc(N(CCO)CCO)no1. The molecular formula is C11H23N5O3. The summed E-state index contributed by atoms with van der Waals surface area (Å²) in [6.07, 6.45) is 2.56. The van der Waals surface area contributed by atoms with Gasteiger partial charge in [-0.05, 0) is 24.5 Å². The molecule has 0 radical (unpaired) electrons. The van der Waals surface area contributed by atoms with Crippen molar-refractivity contribution in [1.29, 1.82) is 0 Å². The van der Waals surface area contributed by atoms with E-state index in [1.165, 1.54) is 0 Å². The number of nitrogens with zero attached hydrogens (tertiary/aromatic N) is 3. The zero-order valence-electron chi connectivity index (χ0n) is 11.0. The number of rotatable bonds is 10. The summed E-state index contributed by atoms with van der Waals surface area (Å²) in [5.41, 5.74) is 11.4. The van der Waals surface area contributed by atoms with Gasteiger partial charge in [0, 0.05) is 13.1 Å². The van der Waals surface area contributed by atoms with E-state index in [4.69, 9.17) is 26.2 Å². The van der Waals surface area contributed by atoms with Crippen molar-refractivity contribution >= 4 is 5.95 Å². The molecule has 1 heterocycles. The molecule has 0 fully saturated rings. The molecule has 1 rings (SSSR count). The van der Waals surface area contributed by atoms with Crippen LogP contribution in [0, 0.1) is 0 Å². The van der Waals surface area contributed by atoms with Gasteiger partial charge in [-0.25, -0.2) is 0 Å². The van der Waals surface area contributed by atoms with E-state index in [9.17, 15) is 0 Å². The van der Waals surface area contributed by atoms with Crippen LogP contribution in [0.3, 0.4) is 0 Å². The Morgan fingerprint density at radius 2 is 1.89 bits per heavy atom. The summed E-state index contributed by atoms with van der Waals surface area (Å²) in [5.74, 6) is 0.709. The molecule has 110 valence electrons. The maximum atomic E-state index is 8.94. The first-order valence-electron chi connectivity index (χ1n) is 6.48. The third-order valence-electron chi connectivity index (χ3n) is 2.74. The van der Waals surface area contributed by atoms with E-state index in [0.717, 1.165) is 19.3 Å². The van der Waals surface area contributed by atoms with Crippen molar-refractivity contribution < 1.29 is 14.7 Å². The van der Waals surface area contributed by atoms with E-state index in [2.05, 4.69) is 10.1 Å². The third-order valence-corrected chi connectivity index (χ3v) is 2.74. The van der Waals surface area contributed by atoms with Crippen LogP contribution in [-0.4, -0.2) is 53.2 Å². The average molecular weight is 273 g/mol. The molecule has 8 heteroatoms. The molecule has 0 aromatic carbocycles. The molecule has 19 heavy (non-hydrogen) atoms. The van der Waals surface area contributed by atoms with Gasteiger partial charge in [0.1, 0.15) is 0 Å². The minimum Gasteiger partial charge on any atom is -0.395 e. The maximum Gasteiger partial charge on any atom is 0.266 e. The van der Waals surface area contributed by atoms with Gasteiger partial charge >= 0.3 is 0 Å². The molecule has 1 unspecified atom stereocenters. The van der Waals surface area contributed by atoms with Crippen molar-refractivity contribution in [2.75, 3.05) is 37.7 Å². The smallest absolute Gasteiger partial charge is 0.266 e. The number of anilines is 1. The summed E-state index contributed by atoms with van der Waals surface area (Å²) in [4.78, 5) is 5.83. The van der Waals surface area contributed by atoms with Gasteiger partial charge in [-0.1, -0.05) is 6.42 Å². The number of nitrogens with two attached hydrogens (primary N) is 2. The van der Waals surface area contributed by atoms with Gasteiger partial charge in [-0.15, -0.1) is 0 Å². The summed E-state index contributed by atoms with van der Waals surface area (Å²) in [7, 11) is 0. The Labute approximate surface area is 112 Å². The van der Waals surface area contributed by atoms with Crippen LogP contribution in [0.25, 0.3) is 0 Å². The Morgan fingerprint density at radius 3 is 2.47 bits per heavy atom. The molecule has 0 saturated heterocycles. The highest BCUT2D eigenvalue weighted by molar-refractivity contribution is 5.27. The van der Waals surface area contributed by atoms with Crippen LogP contribution in [0.2, 0.25) is 0 Å². The predicted molar refractivity (Wildman–Crippen MR) is 70.5 cm³/mol. The average Bonchev–Trinajstić information content (AvgIpc) is 2.88. The fourth-order valence-corrected chi connectivity index (χ4v) is 1.69. The normalized spacial score (nSPS) is 12.6. The molecular weight excluding hydrogens is 250 g/mol. The number of aliphatic hydroxyl groups excluding tert-OH is 2. The van der Waals surface area contributed by atoms with Crippen LogP contribution >= 0.6 is 0 Å². The fraction of sp³-hybridized carbons (Fsp3) is 0.818. The summed E-state index contributed by atoms with van der Waals surface area (Å²) in [6.45, 7) is 1.21. The minimum absolute atomic E-state index is 0.0492. The molecule has 0 amide bonds. The van der Waals surface area contributed by atoms with Gasteiger partial charge in [0.2, 0.25) is 5.89 Å². The van der Waals surface area contributed by atoms with Gasteiger partial charge in [0.15, 0.2) is 0 Å². The molecule has 0 aliphatic carbocycles. The highest BCUT2D eigenvalue weighted by Gasteiger charge is 2.17. The van der Waals surface area contributed by atoms with Crippen LogP contribution < -0.4 is 16.4 Å². The molecule has 1 aromatic rings. The van der Waals surface area contributed by atoms with E-state index in [1.807, 2.05) is 0 Å². The second-order valence-electron chi connectivity index (χ2n) is 4.26. The molecule has 0 bridgehead atoms. The molecule has 1 atom stereocenters. The van der Waals surface area contributed by atoms with Crippen molar-refractivity contribution in [3.8, 4) is 0 Å². The maximum absolute atomic E-state index is 8.94. The summed E-state index contributed by atoms with van der Waals surface area (Å²) >= 11 is 0. The monoisotopic (exact) mass is 273 g/mol. The van der Waals surface area contributed by atoms with Gasteiger partial charge in [0.25, 0.3) is 5.95 Å². The second kappa shape index (κ2) is 8.81. The molecule has 0 aliphatic heterocycles. The number of hydrogen-bond acceptors (Lipinski definition) is 8. The summed E-state index contributed by atoms with van der Waals surface area (Å²) < 4.78 is 5.11. The first-order valence-corrected chi connectivity index (χ1v) is 6.48. The van der Waals surface area contributed by atoms with E-state index in [1.54, 1.807) is 4.90 Å². The number of hydrogen-bond donors (Lipinski definition) is 4. The molecule has 1 aromatic heterocycles. The van der Waals surface area contributed by atoms with Crippen LogP contribution in [0.5, 0.6) is 0 Å². The number of unbranched alkanes of at least 4 members (excludes halogenated alkanes) is 1. The number of aliphatic hydroxyl groups is 2. The second-order valence-corrected chi connectivity index (χ2v) is 4.26. The lowest BCUT2D eigenvalue weighted by Crippen LogP contribution is -2.30. The van der Waals surface area contributed by atoms with Crippen molar-refractivity contribution in [3.63, 3.8) is 0 Å². The Morgan fingerprint density at radius 1 is 1.21 bits per heavy atom. The van der Waals surface area contributed by atoms with Crippen molar-refractivity contribution in [3.05, 3.63) is 5.89 Å². The Balaban J connectivity index is 2.58. The molecule has 0 spiro atoms. The van der Waals surface area contributed by atoms with Gasteiger partial charge < -0.3 is 31.1 Å². The fourth-order valence-electron chi connectivity index (χ4n) is 1.69. The Bertz CT molecular complexity index is 341. The van der Waals surface area contributed by atoms with Gasteiger partial charge in [-0.3, -0.25) is 0 Å². The standard InChI is InChI=1S/C11H23N5O3/c12-4-2-1-3-9(13)10-14-11(15-19-10)16(5-7-17)6-8-18/h9,17-18H,1-8,12-13H2. The van der Waals surface area contributed by atoms with Crippen LogP contribution in [0.15, 0.2) is 4.52 Å². The third kappa shape index (κ3) is 5.11. The summed E-state index contributed by atoms with van der Waals surface area (Å²) in [5, 5.41) is 21.7. The lowest BCUT2D eigenvalue weighted by Gasteiger charge is -2.17. The van der Waals surface area contributed by atoms with Gasteiger partial charge in [0.05, 0.1) is 19.3 Å². The highest BCUT2D eigenvalue weighted by atomic mass is 16.5. The van der Waals surface area contributed by atoms with E-state index >= 15 is 0 Å². The van der Waals surface area contributed by atoms with E-state index < -0.39 is 0 Å². The first kappa shape index (κ1) is 15.8. The van der Waals surface area contributed by atoms with Crippen molar-refractivity contribution in [2.24, 2.45) is 11.5 Å². The number of aromatic nitrogens is 2. The van der Waals surface area contributed by atoms with E-state index in [0.29, 0.717) is 31.5 Å². The molecule has 0 aliphatic rings. The van der Waals surface area contributed by atoms with Crippen LogP contribution in [0.1, 0.15) is 31.2 Å². The molecule has 8 nitrogen and oxygen atoms in total. The topological polar surface area (TPSA) is 135 Å². The predicted octanol–water partition coefficient (Wildman–Crippen LogP) is -1.01. The summed E-state index contributed by atoms with van der Waals surface area (Å²) in [6, 6.07) is -0.307. The van der Waals surface area contributed by atoms with Crippen LogP contribution in [0.4, 0.5) is 5.95 Å². The zero-order chi connectivity index (χ0) is 14.1.